The normalized spacial score (nSPS) is 10.8. The second-order valence-electron chi connectivity index (χ2n) is 3.31. The van der Waals surface area contributed by atoms with Crippen molar-refractivity contribution in [3.8, 4) is 0 Å². The first kappa shape index (κ1) is 9.70. The van der Waals surface area contributed by atoms with Crippen LogP contribution in [0, 0.1) is 24.0 Å². The first-order valence-electron chi connectivity index (χ1n) is 4.15. The lowest BCUT2D eigenvalue weighted by Crippen LogP contribution is -2.05. The molecule has 0 spiro atoms. The standard InChI is InChI=1S/C8H13N3O2/c1-5(2)10-7(4)8(11(12)13)6(3)9-10/h5H,1-4H3. The van der Waals surface area contributed by atoms with Crippen LogP contribution in [-0.4, -0.2) is 14.7 Å². The zero-order chi connectivity index (χ0) is 10.2. The molecule has 5 nitrogen and oxygen atoms in total. The van der Waals surface area contributed by atoms with Crippen molar-refractivity contribution in [3.05, 3.63) is 21.5 Å². The summed E-state index contributed by atoms with van der Waals surface area (Å²) in [5, 5.41) is 14.7. The lowest BCUT2D eigenvalue weighted by molar-refractivity contribution is -0.386. The van der Waals surface area contributed by atoms with Gasteiger partial charge in [0.25, 0.3) is 0 Å². The topological polar surface area (TPSA) is 61.0 Å². The van der Waals surface area contributed by atoms with E-state index in [0.717, 1.165) is 0 Å². The summed E-state index contributed by atoms with van der Waals surface area (Å²) < 4.78 is 1.67. The fraction of sp³-hybridized carbons (Fsp3) is 0.625. The van der Waals surface area contributed by atoms with Gasteiger partial charge in [-0.15, -0.1) is 0 Å². The molecule has 1 aromatic rings. The van der Waals surface area contributed by atoms with E-state index >= 15 is 0 Å². The van der Waals surface area contributed by atoms with Gasteiger partial charge >= 0.3 is 5.69 Å². The fourth-order valence-corrected chi connectivity index (χ4v) is 1.42. The van der Waals surface area contributed by atoms with Crippen LogP contribution < -0.4 is 0 Å². The second-order valence-corrected chi connectivity index (χ2v) is 3.31. The fourth-order valence-electron chi connectivity index (χ4n) is 1.42. The highest BCUT2D eigenvalue weighted by Gasteiger charge is 2.22. The Hall–Kier alpha value is -1.39. The third-order valence-corrected chi connectivity index (χ3v) is 1.96. The molecule has 0 N–H and O–H groups in total. The summed E-state index contributed by atoms with van der Waals surface area (Å²) in [6, 6.07) is 0.160. The van der Waals surface area contributed by atoms with Crippen molar-refractivity contribution in [1.29, 1.82) is 0 Å². The Bertz CT molecular complexity index is 341. The summed E-state index contributed by atoms with van der Waals surface area (Å²) in [6.45, 7) is 7.27. The minimum atomic E-state index is -0.378. The molecule has 0 saturated carbocycles. The smallest absolute Gasteiger partial charge is 0.260 e. The molecule has 0 radical (unpaired) electrons. The van der Waals surface area contributed by atoms with E-state index in [0.29, 0.717) is 11.4 Å². The van der Waals surface area contributed by atoms with Crippen LogP contribution in [0.15, 0.2) is 0 Å². The Labute approximate surface area is 76.5 Å². The maximum absolute atomic E-state index is 10.6. The van der Waals surface area contributed by atoms with Crippen LogP contribution in [0.3, 0.4) is 0 Å². The van der Waals surface area contributed by atoms with E-state index in [9.17, 15) is 10.1 Å². The number of aryl methyl sites for hydroxylation is 1. The van der Waals surface area contributed by atoms with E-state index in [1.807, 2.05) is 13.8 Å². The van der Waals surface area contributed by atoms with E-state index in [1.54, 1.807) is 18.5 Å². The summed E-state index contributed by atoms with van der Waals surface area (Å²) in [6.07, 6.45) is 0. The van der Waals surface area contributed by atoms with Gasteiger partial charge in [-0.2, -0.15) is 5.10 Å². The minimum absolute atomic E-state index is 0.133. The van der Waals surface area contributed by atoms with Crippen LogP contribution >= 0.6 is 0 Å². The largest absolute Gasteiger partial charge is 0.312 e. The van der Waals surface area contributed by atoms with Crippen molar-refractivity contribution >= 4 is 5.69 Å². The maximum atomic E-state index is 10.6. The molecule has 1 aromatic heterocycles. The van der Waals surface area contributed by atoms with Gasteiger partial charge in [0.2, 0.25) is 0 Å². The summed E-state index contributed by atoms with van der Waals surface area (Å²) in [7, 11) is 0. The molecule has 13 heavy (non-hydrogen) atoms. The molecule has 0 unspecified atom stereocenters. The summed E-state index contributed by atoms with van der Waals surface area (Å²) in [5.74, 6) is 0. The highest BCUT2D eigenvalue weighted by molar-refractivity contribution is 5.39. The van der Waals surface area contributed by atoms with Crippen LogP contribution in [0.2, 0.25) is 0 Å². The van der Waals surface area contributed by atoms with E-state index in [1.165, 1.54) is 0 Å². The molecule has 0 aromatic carbocycles. The molecule has 0 aliphatic rings. The average Bonchev–Trinajstić information content (AvgIpc) is 2.26. The van der Waals surface area contributed by atoms with Gasteiger partial charge in [0.05, 0.1) is 4.92 Å². The Balaban J connectivity index is 3.30. The number of hydrogen-bond acceptors (Lipinski definition) is 3. The van der Waals surface area contributed by atoms with Crippen molar-refractivity contribution in [2.45, 2.75) is 33.7 Å². The van der Waals surface area contributed by atoms with E-state index < -0.39 is 0 Å². The van der Waals surface area contributed by atoms with Gasteiger partial charge in [0, 0.05) is 6.04 Å². The quantitative estimate of drug-likeness (QED) is 0.520. The summed E-state index contributed by atoms with van der Waals surface area (Å²) in [5.41, 5.74) is 1.24. The molecule has 0 saturated heterocycles. The van der Waals surface area contributed by atoms with Crippen LogP contribution in [-0.2, 0) is 0 Å². The molecular formula is C8H13N3O2. The molecule has 5 heteroatoms. The summed E-state index contributed by atoms with van der Waals surface area (Å²) >= 11 is 0. The molecule has 72 valence electrons. The van der Waals surface area contributed by atoms with Crippen LogP contribution in [0.25, 0.3) is 0 Å². The SMILES string of the molecule is Cc1nn(C(C)C)c(C)c1[N+](=O)[O-]. The van der Waals surface area contributed by atoms with Crippen molar-refractivity contribution in [1.82, 2.24) is 9.78 Å². The Morgan fingerprint density at radius 2 is 2.00 bits per heavy atom. The van der Waals surface area contributed by atoms with E-state index in [-0.39, 0.29) is 16.7 Å². The minimum Gasteiger partial charge on any atom is -0.260 e. The van der Waals surface area contributed by atoms with Gasteiger partial charge in [-0.05, 0) is 27.7 Å². The maximum Gasteiger partial charge on any atom is 0.312 e. The van der Waals surface area contributed by atoms with Gasteiger partial charge < -0.3 is 0 Å². The van der Waals surface area contributed by atoms with Crippen molar-refractivity contribution < 1.29 is 4.92 Å². The lowest BCUT2D eigenvalue weighted by Gasteiger charge is -2.05. The van der Waals surface area contributed by atoms with Crippen LogP contribution in [0.5, 0.6) is 0 Å². The van der Waals surface area contributed by atoms with Gasteiger partial charge in [-0.1, -0.05) is 0 Å². The predicted octanol–water partition coefficient (Wildman–Crippen LogP) is 1.99. The highest BCUT2D eigenvalue weighted by Crippen LogP contribution is 2.23. The zero-order valence-corrected chi connectivity index (χ0v) is 8.24. The zero-order valence-electron chi connectivity index (χ0n) is 8.24. The third-order valence-electron chi connectivity index (χ3n) is 1.96. The van der Waals surface area contributed by atoms with Gasteiger partial charge in [-0.3, -0.25) is 14.8 Å². The van der Waals surface area contributed by atoms with E-state index in [2.05, 4.69) is 5.10 Å². The number of rotatable bonds is 2. The molecule has 1 heterocycles. The first-order chi connectivity index (χ1) is 5.95. The Morgan fingerprint density at radius 3 is 2.23 bits per heavy atom. The monoisotopic (exact) mass is 183 g/mol. The van der Waals surface area contributed by atoms with Gasteiger partial charge in [0.1, 0.15) is 11.4 Å². The highest BCUT2D eigenvalue weighted by atomic mass is 16.6. The molecule has 0 bridgehead atoms. The molecule has 0 aliphatic carbocycles. The second kappa shape index (κ2) is 3.16. The number of nitro groups is 1. The lowest BCUT2D eigenvalue weighted by atomic mass is 10.3. The molecular weight excluding hydrogens is 170 g/mol. The molecule has 0 amide bonds. The number of aromatic nitrogens is 2. The molecule has 1 rings (SSSR count). The predicted molar refractivity (Wildman–Crippen MR) is 48.7 cm³/mol. The van der Waals surface area contributed by atoms with Crippen molar-refractivity contribution in [2.75, 3.05) is 0 Å². The Kier molecular flexibility index (Phi) is 2.36. The molecule has 0 aliphatic heterocycles. The van der Waals surface area contributed by atoms with Crippen LogP contribution in [0.1, 0.15) is 31.3 Å². The Morgan fingerprint density at radius 1 is 1.46 bits per heavy atom. The van der Waals surface area contributed by atoms with Crippen molar-refractivity contribution in [2.24, 2.45) is 0 Å². The number of hydrogen-bond donors (Lipinski definition) is 0. The molecule has 0 atom stereocenters. The van der Waals surface area contributed by atoms with E-state index in [4.69, 9.17) is 0 Å². The van der Waals surface area contributed by atoms with Crippen molar-refractivity contribution in [3.63, 3.8) is 0 Å². The average molecular weight is 183 g/mol. The van der Waals surface area contributed by atoms with Gasteiger partial charge in [-0.25, -0.2) is 0 Å². The van der Waals surface area contributed by atoms with Gasteiger partial charge in [0.15, 0.2) is 0 Å². The first-order valence-corrected chi connectivity index (χ1v) is 4.15. The van der Waals surface area contributed by atoms with Crippen LogP contribution in [0.4, 0.5) is 5.69 Å². The molecule has 0 fully saturated rings. The summed E-state index contributed by atoms with van der Waals surface area (Å²) in [4.78, 5) is 10.3. The third kappa shape index (κ3) is 1.54. The number of nitrogens with zero attached hydrogens (tertiary/aromatic N) is 3.